The minimum atomic E-state index is -0.0575. The monoisotopic (exact) mass is 293 g/mol. The lowest BCUT2D eigenvalue weighted by atomic mass is 10.1. The highest BCUT2D eigenvalue weighted by molar-refractivity contribution is 5.92. The van der Waals surface area contributed by atoms with Gasteiger partial charge in [-0.25, -0.2) is 0 Å². The van der Waals surface area contributed by atoms with Crippen LogP contribution in [0.25, 0.3) is 0 Å². The normalized spacial score (nSPS) is 24.8. The largest absolute Gasteiger partial charge is 0.375 e. The topological polar surface area (TPSA) is 58.8 Å². The van der Waals surface area contributed by atoms with Gasteiger partial charge >= 0.3 is 0 Å². The van der Waals surface area contributed by atoms with Crippen molar-refractivity contribution in [1.29, 1.82) is 0 Å². The number of piperidine rings is 1. The number of rotatable bonds is 3. The van der Waals surface area contributed by atoms with E-state index in [-0.39, 0.29) is 12.0 Å². The van der Waals surface area contributed by atoms with Crippen molar-refractivity contribution in [3.63, 3.8) is 0 Å². The molecule has 0 N–H and O–H groups in total. The second-order valence-electron chi connectivity index (χ2n) is 5.84. The predicted molar refractivity (Wildman–Crippen MR) is 77.1 cm³/mol. The molecule has 6 heteroatoms. The zero-order valence-corrected chi connectivity index (χ0v) is 12.4. The number of ether oxygens (including phenoxy) is 1. The molecule has 6 nitrogen and oxygen atoms in total. The minimum absolute atomic E-state index is 0.0575. The van der Waals surface area contributed by atoms with Crippen molar-refractivity contribution in [2.45, 2.75) is 31.8 Å². The van der Waals surface area contributed by atoms with Crippen molar-refractivity contribution < 1.29 is 14.1 Å². The van der Waals surface area contributed by atoms with Crippen LogP contribution in [0.1, 0.15) is 36.2 Å². The van der Waals surface area contributed by atoms with Gasteiger partial charge in [-0.1, -0.05) is 11.6 Å². The van der Waals surface area contributed by atoms with Gasteiger partial charge in [0.1, 0.15) is 6.26 Å². The first kappa shape index (κ1) is 14.5. The smallest absolute Gasteiger partial charge is 0.276 e. The van der Waals surface area contributed by atoms with Gasteiger partial charge in [-0.2, -0.15) is 0 Å². The van der Waals surface area contributed by atoms with E-state index in [1.807, 2.05) is 4.90 Å². The van der Waals surface area contributed by atoms with Crippen LogP contribution in [0.5, 0.6) is 0 Å². The van der Waals surface area contributed by atoms with Crippen LogP contribution in [0.3, 0.4) is 0 Å². The summed E-state index contributed by atoms with van der Waals surface area (Å²) in [5.74, 6) is -0.0575. The molecule has 1 aromatic rings. The van der Waals surface area contributed by atoms with E-state index in [0.29, 0.717) is 12.2 Å². The van der Waals surface area contributed by atoms with E-state index < -0.39 is 0 Å². The van der Waals surface area contributed by atoms with Crippen LogP contribution in [0.15, 0.2) is 16.9 Å². The summed E-state index contributed by atoms with van der Waals surface area (Å²) in [7, 11) is 0. The summed E-state index contributed by atoms with van der Waals surface area (Å²) in [6.45, 7) is 5.31. The second-order valence-corrected chi connectivity index (χ2v) is 5.84. The average Bonchev–Trinajstić information content (AvgIpc) is 2.95. The first-order valence-corrected chi connectivity index (χ1v) is 7.86. The van der Waals surface area contributed by atoms with Crippen LogP contribution in [0.4, 0.5) is 0 Å². The van der Waals surface area contributed by atoms with E-state index in [0.717, 1.165) is 39.2 Å². The molecular formula is C15H23N3O3. The molecule has 3 rings (SSSR count). The minimum Gasteiger partial charge on any atom is -0.375 e. The fourth-order valence-electron chi connectivity index (χ4n) is 3.10. The second kappa shape index (κ2) is 7.04. The quantitative estimate of drug-likeness (QED) is 0.843. The predicted octanol–water partition coefficient (Wildman–Crippen LogP) is 1.39. The summed E-state index contributed by atoms with van der Waals surface area (Å²) in [5, 5.41) is 3.75. The van der Waals surface area contributed by atoms with Gasteiger partial charge in [0.15, 0.2) is 5.69 Å². The molecule has 1 amide bonds. The number of carbonyl (C=O) groups is 1. The molecule has 1 aromatic heterocycles. The molecule has 2 aliphatic rings. The van der Waals surface area contributed by atoms with Crippen molar-refractivity contribution in [2.75, 3.05) is 39.3 Å². The molecule has 0 aromatic carbocycles. The van der Waals surface area contributed by atoms with E-state index in [4.69, 9.17) is 9.26 Å². The van der Waals surface area contributed by atoms with Gasteiger partial charge in [-0.05, 0) is 32.4 Å². The number of likely N-dealkylation sites (tertiary alicyclic amines) is 1. The first-order valence-electron chi connectivity index (χ1n) is 7.86. The third-order valence-electron chi connectivity index (χ3n) is 4.20. The van der Waals surface area contributed by atoms with Crippen molar-refractivity contribution in [2.24, 2.45) is 0 Å². The number of aromatic nitrogens is 1. The molecule has 2 aliphatic heterocycles. The van der Waals surface area contributed by atoms with E-state index >= 15 is 0 Å². The Morgan fingerprint density at radius 3 is 2.86 bits per heavy atom. The summed E-state index contributed by atoms with van der Waals surface area (Å²) in [6, 6.07) is 1.62. The lowest BCUT2D eigenvalue weighted by Crippen LogP contribution is -2.43. The fraction of sp³-hybridized carbons (Fsp3) is 0.733. The fourth-order valence-corrected chi connectivity index (χ4v) is 3.10. The Kier molecular flexibility index (Phi) is 4.87. The standard InChI is InChI=1S/C15H23N3O3/c19-15(14-5-10-21-16-14)18-8-4-9-20-13(12-18)11-17-6-2-1-3-7-17/h5,10,13H,1-4,6-9,11-12H2/t13-/m1/s1. The van der Waals surface area contributed by atoms with Crippen LogP contribution in [0, 0.1) is 0 Å². The van der Waals surface area contributed by atoms with Crippen LogP contribution < -0.4 is 0 Å². The molecule has 116 valence electrons. The summed E-state index contributed by atoms with van der Waals surface area (Å²) in [4.78, 5) is 16.7. The molecule has 0 aliphatic carbocycles. The van der Waals surface area contributed by atoms with Crippen molar-refractivity contribution in [1.82, 2.24) is 15.0 Å². The molecule has 0 bridgehead atoms. The number of amides is 1. The highest BCUT2D eigenvalue weighted by Gasteiger charge is 2.26. The molecule has 3 heterocycles. The van der Waals surface area contributed by atoms with E-state index in [2.05, 4.69) is 10.1 Å². The molecule has 0 unspecified atom stereocenters. The lowest BCUT2D eigenvalue weighted by molar-refractivity contribution is 0.0215. The SMILES string of the molecule is O=C(c1ccon1)N1CCCO[C@H](CN2CCCCC2)C1. The van der Waals surface area contributed by atoms with Gasteiger partial charge in [0.25, 0.3) is 5.91 Å². The Bertz CT molecular complexity index is 443. The molecule has 21 heavy (non-hydrogen) atoms. The number of nitrogens with zero attached hydrogens (tertiary/aromatic N) is 3. The van der Waals surface area contributed by atoms with Crippen LogP contribution in [0.2, 0.25) is 0 Å². The number of hydrogen-bond donors (Lipinski definition) is 0. The maximum atomic E-state index is 12.4. The highest BCUT2D eigenvalue weighted by Crippen LogP contribution is 2.14. The molecular weight excluding hydrogens is 270 g/mol. The zero-order valence-electron chi connectivity index (χ0n) is 12.4. The molecule has 0 spiro atoms. The Morgan fingerprint density at radius 2 is 2.10 bits per heavy atom. The molecule has 1 atom stereocenters. The van der Waals surface area contributed by atoms with Gasteiger partial charge in [-0.15, -0.1) is 0 Å². The van der Waals surface area contributed by atoms with E-state index in [1.54, 1.807) is 6.07 Å². The van der Waals surface area contributed by atoms with Crippen LogP contribution in [-0.4, -0.2) is 66.3 Å². The Labute approximate surface area is 125 Å². The maximum Gasteiger partial charge on any atom is 0.276 e. The van der Waals surface area contributed by atoms with Crippen LogP contribution in [-0.2, 0) is 4.74 Å². The van der Waals surface area contributed by atoms with Crippen molar-refractivity contribution in [3.05, 3.63) is 18.0 Å². The highest BCUT2D eigenvalue weighted by atomic mass is 16.5. The van der Waals surface area contributed by atoms with Gasteiger partial charge in [0.05, 0.1) is 6.10 Å². The third-order valence-corrected chi connectivity index (χ3v) is 4.20. The van der Waals surface area contributed by atoms with Gasteiger partial charge in [0, 0.05) is 32.3 Å². The Hall–Kier alpha value is -1.40. The van der Waals surface area contributed by atoms with Gasteiger partial charge in [-0.3, -0.25) is 4.79 Å². The molecule has 2 saturated heterocycles. The molecule has 2 fully saturated rings. The van der Waals surface area contributed by atoms with Crippen molar-refractivity contribution in [3.8, 4) is 0 Å². The van der Waals surface area contributed by atoms with E-state index in [1.165, 1.54) is 25.5 Å². The number of hydrogen-bond acceptors (Lipinski definition) is 5. The zero-order chi connectivity index (χ0) is 14.5. The number of carbonyl (C=O) groups excluding carboxylic acids is 1. The lowest BCUT2D eigenvalue weighted by Gasteiger charge is -2.31. The average molecular weight is 293 g/mol. The molecule has 0 saturated carbocycles. The summed E-state index contributed by atoms with van der Waals surface area (Å²) in [5.41, 5.74) is 0.383. The molecule has 0 radical (unpaired) electrons. The summed E-state index contributed by atoms with van der Waals surface area (Å²) < 4.78 is 10.7. The maximum absolute atomic E-state index is 12.4. The van der Waals surface area contributed by atoms with E-state index in [9.17, 15) is 4.79 Å². The van der Waals surface area contributed by atoms with Gasteiger partial charge < -0.3 is 19.1 Å². The summed E-state index contributed by atoms with van der Waals surface area (Å²) >= 11 is 0. The third kappa shape index (κ3) is 3.83. The van der Waals surface area contributed by atoms with Gasteiger partial charge in [0.2, 0.25) is 0 Å². The van der Waals surface area contributed by atoms with Crippen LogP contribution >= 0.6 is 0 Å². The Morgan fingerprint density at radius 1 is 1.24 bits per heavy atom. The first-order chi connectivity index (χ1) is 10.3. The Balaban J connectivity index is 1.59. The van der Waals surface area contributed by atoms with Crippen molar-refractivity contribution >= 4 is 5.91 Å². The summed E-state index contributed by atoms with van der Waals surface area (Å²) in [6.07, 6.45) is 6.29.